The lowest BCUT2D eigenvalue weighted by molar-refractivity contribution is -0.131. The average Bonchev–Trinajstić information content (AvgIpc) is 3.17. The van der Waals surface area contributed by atoms with E-state index < -0.39 is 5.97 Å². The number of aryl methyl sites for hydroxylation is 1. The summed E-state index contributed by atoms with van der Waals surface area (Å²) >= 11 is 12.5. The Balaban J connectivity index is 1.94. The summed E-state index contributed by atoms with van der Waals surface area (Å²) in [5.74, 6) is 0.351. The first-order valence-corrected chi connectivity index (χ1v) is 8.17. The number of nitrogens with zero attached hydrogens (tertiary/aromatic N) is 2. The summed E-state index contributed by atoms with van der Waals surface area (Å²) in [5, 5.41) is 9.65. The van der Waals surface area contributed by atoms with Gasteiger partial charge in [0.05, 0.1) is 18.5 Å². The molecule has 1 N–H and O–H groups in total. The Hall–Kier alpha value is -2.50. The molecule has 128 valence electrons. The van der Waals surface area contributed by atoms with Crippen molar-refractivity contribution in [1.29, 1.82) is 0 Å². The summed E-state index contributed by atoms with van der Waals surface area (Å²) < 4.78 is 7.19. The molecule has 0 saturated carbocycles. The minimum absolute atomic E-state index is 0.248. The molecule has 0 aliphatic rings. The van der Waals surface area contributed by atoms with Gasteiger partial charge >= 0.3 is 5.97 Å². The van der Waals surface area contributed by atoms with E-state index in [2.05, 4.69) is 4.98 Å². The van der Waals surface area contributed by atoms with Crippen molar-refractivity contribution in [1.82, 2.24) is 9.55 Å². The number of aliphatic carboxylic acids is 1. The van der Waals surface area contributed by atoms with E-state index >= 15 is 0 Å². The number of furan rings is 1. The van der Waals surface area contributed by atoms with Gasteiger partial charge < -0.3 is 14.1 Å². The maximum Gasteiger partial charge on any atom is 0.328 e. The first-order chi connectivity index (χ1) is 12.0. The highest BCUT2D eigenvalue weighted by molar-refractivity contribution is 6.31. The normalized spacial score (nSPS) is 11.3. The van der Waals surface area contributed by atoms with Crippen LogP contribution in [-0.2, 0) is 11.3 Å². The highest BCUT2D eigenvalue weighted by Gasteiger charge is 2.14. The third-order valence-corrected chi connectivity index (χ3v) is 4.35. The van der Waals surface area contributed by atoms with Gasteiger partial charge in [0.1, 0.15) is 11.6 Å². The highest BCUT2D eigenvalue weighted by Crippen LogP contribution is 2.28. The average molecular weight is 377 g/mol. The van der Waals surface area contributed by atoms with Gasteiger partial charge in [-0.05, 0) is 36.8 Å². The first-order valence-electron chi connectivity index (χ1n) is 7.41. The summed E-state index contributed by atoms with van der Waals surface area (Å²) in [5.41, 5.74) is 2.26. The van der Waals surface area contributed by atoms with Crippen LogP contribution >= 0.6 is 23.2 Å². The predicted octanol–water partition coefficient (Wildman–Crippen LogP) is 4.90. The third-order valence-electron chi connectivity index (χ3n) is 3.72. The Morgan fingerprint density at radius 2 is 2.16 bits per heavy atom. The zero-order valence-corrected chi connectivity index (χ0v) is 14.8. The number of benzene rings is 1. The monoisotopic (exact) mass is 376 g/mol. The molecule has 0 atom stereocenters. The van der Waals surface area contributed by atoms with E-state index in [1.54, 1.807) is 13.2 Å². The summed E-state index contributed by atoms with van der Waals surface area (Å²) in [6.07, 6.45) is 4.06. The topological polar surface area (TPSA) is 68.3 Å². The van der Waals surface area contributed by atoms with Crippen molar-refractivity contribution in [2.75, 3.05) is 0 Å². The number of carboxylic acids is 1. The van der Waals surface area contributed by atoms with Crippen LogP contribution in [0.15, 0.2) is 47.1 Å². The molecule has 0 amide bonds. The van der Waals surface area contributed by atoms with Gasteiger partial charge in [-0.1, -0.05) is 35.3 Å². The third kappa shape index (κ3) is 3.78. The molecular formula is C18H14Cl2N2O3. The van der Waals surface area contributed by atoms with Crippen molar-refractivity contribution in [2.24, 2.45) is 0 Å². The highest BCUT2D eigenvalue weighted by atomic mass is 35.5. The predicted molar refractivity (Wildman–Crippen MR) is 96.9 cm³/mol. The molecule has 0 aliphatic carbocycles. The van der Waals surface area contributed by atoms with Crippen molar-refractivity contribution in [2.45, 2.75) is 13.5 Å². The molecule has 3 rings (SSSR count). The van der Waals surface area contributed by atoms with Gasteiger partial charge in [-0.25, -0.2) is 9.78 Å². The lowest BCUT2D eigenvalue weighted by atomic mass is 10.1. The van der Waals surface area contributed by atoms with Crippen molar-refractivity contribution in [3.63, 3.8) is 0 Å². The molecule has 7 heteroatoms. The van der Waals surface area contributed by atoms with Gasteiger partial charge in [0.15, 0.2) is 5.15 Å². The van der Waals surface area contributed by atoms with E-state index in [1.807, 2.05) is 34.9 Å². The van der Waals surface area contributed by atoms with Gasteiger partial charge in [0.2, 0.25) is 0 Å². The van der Waals surface area contributed by atoms with E-state index in [0.29, 0.717) is 23.1 Å². The van der Waals surface area contributed by atoms with Crippen LogP contribution in [0.4, 0.5) is 0 Å². The summed E-state index contributed by atoms with van der Waals surface area (Å²) in [6.45, 7) is 2.22. The maximum atomic E-state index is 10.8. The summed E-state index contributed by atoms with van der Waals surface area (Å²) in [6, 6.07) is 9.32. The number of halogens is 2. The van der Waals surface area contributed by atoms with E-state index in [9.17, 15) is 4.79 Å². The standard InChI is InChI=1S/C18H14Cl2N2O3/c1-11-21-18(20)15(6-7-17(23)24)22(11)10-13-5-4-12(9-14(13)19)16-3-2-8-25-16/h2-9H,10H2,1H3,(H,23,24). The fourth-order valence-electron chi connectivity index (χ4n) is 2.50. The van der Waals surface area contributed by atoms with Gasteiger partial charge in [-0.15, -0.1) is 0 Å². The first kappa shape index (κ1) is 17.3. The Kier molecular flexibility index (Phi) is 4.97. The minimum Gasteiger partial charge on any atom is -0.478 e. The van der Waals surface area contributed by atoms with E-state index in [-0.39, 0.29) is 5.15 Å². The molecule has 0 spiro atoms. The maximum absolute atomic E-state index is 10.8. The van der Waals surface area contributed by atoms with Crippen LogP contribution in [0.3, 0.4) is 0 Å². The molecule has 3 aromatic rings. The molecule has 5 nitrogen and oxygen atoms in total. The Morgan fingerprint density at radius 3 is 2.80 bits per heavy atom. The number of rotatable bonds is 5. The van der Waals surface area contributed by atoms with Crippen LogP contribution in [0.2, 0.25) is 10.2 Å². The number of carbonyl (C=O) groups is 1. The van der Waals surface area contributed by atoms with Crippen LogP contribution in [0, 0.1) is 6.92 Å². The second kappa shape index (κ2) is 7.17. The van der Waals surface area contributed by atoms with Crippen molar-refractivity contribution >= 4 is 35.2 Å². The number of aromatic nitrogens is 2. The fourth-order valence-corrected chi connectivity index (χ4v) is 3.02. The van der Waals surface area contributed by atoms with Crippen LogP contribution in [0.25, 0.3) is 17.4 Å². The number of hydrogen-bond acceptors (Lipinski definition) is 3. The second-order valence-corrected chi connectivity index (χ2v) is 6.14. The molecule has 0 fully saturated rings. The molecule has 0 aliphatic heterocycles. The largest absolute Gasteiger partial charge is 0.478 e. The van der Waals surface area contributed by atoms with Gasteiger partial charge in [0.25, 0.3) is 0 Å². The molecule has 0 unspecified atom stereocenters. The van der Waals surface area contributed by atoms with Gasteiger partial charge in [0, 0.05) is 16.7 Å². The molecule has 2 aromatic heterocycles. The van der Waals surface area contributed by atoms with Crippen LogP contribution in [0.5, 0.6) is 0 Å². The molecule has 1 aromatic carbocycles. The molecule has 2 heterocycles. The molecule has 0 bridgehead atoms. The van der Waals surface area contributed by atoms with Crippen LogP contribution in [-0.4, -0.2) is 20.6 Å². The van der Waals surface area contributed by atoms with Gasteiger partial charge in [-0.3, -0.25) is 0 Å². The second-order valence-electron chi connectivity index (χ2n) is 5.38. The number of hydrogen-bond donors (Lipinski definition) is 1. The molecule has 0 saturated heterocycles. The quantitative estimate of drug-likeness (QED) is 0.642. The Morgan fingerprint density at radius 1 is 1.36 bits per heavy atom. The zero-order chi connectivity index (χ0) is 18.0. The molecular weight excluding hydrogens is 363 g/mol. The number of carboxylic acid groups (broad SMARTS) is 1. The van der Waals surface area contributed by atoms with E-state index in [4.69, 9.17) is 32.7 Å². The lowest BCUT2D eigenvalue weighted by Gasteiger charge is -2.11. The zero-order valence-electron chi connectivity index (χ0n) is 13.2. The van der Waals surface area contributed by atoms with E-state index in [1.165, 1.54) is 6.08 Å². The van der Waals surface area contributed by atoms with Crippen molar-refractivity contribution < 1.29 is 14.3 Å². The Labute approximate surface area is 154 Å². The summed E-state index contributed by atoms with van der Waals surface area (Å²) in [4.78, 5) is 15.0. The van der Waals surface area contributed by atoms with Crippen molar-refractivity contribution in [3.8, 4) is 11.3 Å². The van der Waals surface area contributed by atoms with Gasteiger partial charge in [-0.2, -0.15) is 0 Å². The van der Waals surface area contributed by atoms with Crippen LogP contribution in [0.1, 0.15) is 17.1 Å². The molecule has 25 heavy (non-hydrogen) atoms. The lowest BCUT2D eigenvalue weighted by Crippen LogP contribution is -2.05. The Bertz CT molecular complexity index is 944. The van der Waals surface area contributed by atoms with Crippen molar-refractivity contribution in [3.05, 3.63) is 69.9 Å². The SMILES string of the molecule is Cc1nc(Cl)c(C=CC(=O)O)n1Cc1ccc(-c2ccco2)cc1Cl. The summed E-state index contributed by atoms with van der Waals surface area (Å²) in [7, 11) is 0. The minimum atomic E-state index is -1.05. The molecule has 0 radical (unpaired) electrons. The van der Waals surface area contributed by atoms with E-state index in [0.717, 1.165) is 23.0 Å². The smallest absolute Gasteiger partial charge is 0.328 e. The number of imidazole rings is 1. The fraction of sp³-hybridized carbons (Fsp3) is 0.111. The van der Waals surface area contributed by atoms with Crippen LogP contribution < -0.4 is 0 Å².